The first kappa shape index (κ1) is 15.2. The van der Waals surface area contributed by atoms with Crippen molar-refractivity contribution in [3.05, 3.63) is 33.1 Å². The van der Waals surface area contributed by atoms with Crippen LogP contribution in [-0.2, 0) is 0 Å². The SMILES string of the molecule is CCN(CC)c1nc(Cl)nc(Oc2ccc(I)cc2)n1. The van der Waals surface area contributed by atoms with Crippen LogP contribution in [0.15, 0.2) is 24.3 Å². The van der Waals surface area contributed by atoms with Gasteiger partial charge >= 0.3 is 6.01 Å². The quantitative estimate of drug-likeness (QED) is 0.710. The van der Waals surface area contributed by atoms with Gasteiger partial charge < -0.3 is 9.64 Å². The summed E-state index contributed by atoms with van der Waals surface area (Å²) >= 11 is 8.16. The van der Waals surface area contributed by atoms with E-state index in [4.69, 9.17) is 16.3 Å². The van der Waals surface area contributed by atoms with E-state index in [0.717, 1.165) is 16.7 Å². The predicted molar refractivity (Wildman–Crippen MR) is 87.6 cm³/mol. The van der Waals surface area contributed by atoms with E-state index >= 15 is 0 Å². The van der Waals surface area contributed by atoms with Gasteiger partial charge in [-0.15, -0.1) is 0 Å². The molecule has 0 N–H and O–H groups in total. The zero-order valence-electron chi connectivity index (χ0n) is 11.2. The van der Waals surface area contributed by atoms with Crippen molar-refractivity contribution in [2.45, 2.75) is 13.8 Å². The molecule has 0 saturated heterocycles. The topological polar surface area (TPSA) is 51.1 Å². The summed E-state index contributed by atoms with van der Waals surface area (Å²) in [5.74, 6) is 1.19. The van der Waals surface area contributed by atoms with E-state index in [-0.39, 0.29) is 11.3 Å². The number of hydrogen-bond acceptors (Lipinski definition) is 5. The first-order chi connectivity index (χ1) is 9.62. The average molecular weight is 405 g/mol. The van der Waals surface area contributed by atoms with E-state index in [1.54, 1.807) is 0 Å². The van der Waals surface area contributed by atoms with Gasteiger partial charge in [0, 0.05) is 16.7 Å². The molecule has 0 aliphatic carbocycles. The summed E-state index contributed by atoms with van der Waals surface area (Å²) in [6.45, 7) is 5.64. The Morgan fingerprint density at radius 3 is 2.35 bits per heavy atom. The number of ether oxygens (including phenoxy) is 1. The highest BCUT2D eigenvalue weighted by molar-refractivity contribution is 14.1. The monoisotopic (exact) mass is 404 g/mol. The molecule has 2 rings (SSSR count). The Morgan fingerprint density at radius 2 is 1.75 bits per heavy atom. The standard InChI is InChI=1S/C13H14ClIN4O/c1-3-19(4-2)12-16-11(14)17-13(18-12)20-10-7-5-9(15)6-8-10/h5-8H,3-4H2,1-2H3. The molecule has 1 aromatic heterocycles. The molecule has 1 heterocycles. The van der Waals surface area contributed by atoms with Crippen molar-refractivity contribution < 1.29 is 4.74 Å². The second-order valence-electron chi connectivity index (χ2n) is 3.92. The number of nitrogens with zero attached hydrogens (tertiary/aromatic N) is 4. The molecule has 0 spiro atoms. The number of benzene rings is 1. The Kier molecular flexibility index (Phi) is 5.36. The number of anilines is 1. The van der Waals surface area contributed by atoms with Crippen molar-refractivity contribution >= 4 is 40.1 Å². The fraction of sp³-hybridized carbons (Fsp3) is 0.308. The summed E-state index contributed by atoms with van der Waals surface area (Å²) in [6, 6.07) is 7.81. The molecule has 0 saturated carbocycles. The zero-order chi connectivity index (χ0) is 14.5. The predicted octanol–water partition coefficient (Wildman–Crippen LogP) is 3.77. The summed E-state index contributed by atoms with van der Waals surface area (Å²) in [6.07, 6.45) is 0. The van der Waals surface area contributed by atoms with Gasteiger partial charge in [0.05, 0.1) is 0 Å². The molecule has 0 radical (unpaired) electrons. The third kappa shape index (κ3) is 3.92. The molecule has 20 heavy (non-hydrogen) atoms. The van der Waals surface area contributed by atoms with Crippen LogP contribution in [0, 0.1) is 3.57 Å². The molecule has 106 valence electrons. The lowest BCUT2D eigenvalue weighted by Gasteiger charge is -2.18. The fourth-order valence-electron chi connectivity index (χ4n) is 1.62. The largest absolute Gasteiger partial charge is 0.424 e. The van der Waals surface area contributed by atoms with Crippen molar-refractivity contribution in [2.75, 3.05) is 18.0 Å². The highest BCUT2D eigenvalue weighted by Gasteiger charge is 2.11. The lowest BCUT2D eigenvalue weighted by Crippen LogP contribution is -2.24. The molecule has 0 atom stereocenters. The Morgan fingerprint density at radius 1 is 1.10 bits per heavy atom. The van der Waals surface area contributed by atoms with Gasteiger partial charge in [-0.1, -0.05) is 0 Å². The molecule has 5 nitrogen and oxygen atoms in total. The highest BCUT2D eigenvalue weighted by Crippen LogP contribution is 2.22. The molecule has 2 aromatic rings. The van der Waals surface area contributed by atoms with Crippen LogP contribution in [0.1, 0.15) is 13.8 Å². The van der Waals surface area contributed by atoms with Crippen LogP contribution in [-0.4, -0.2) is 28.0 Å². The molecule has 0 bridgehead atoms. The minimum atomic E-state index is 0.127. The van der Waals surface area contributed by atoms with E-state index in [0.29, 0.717) is 11.7 Å². The van der Waals surface area contributed by atoms with Gasteiger partial charge in [0.15, 0.2) is 0 Å². The first-order valence-corrected chi connectivity index (χ1v) is 7.68. The molecule has 7 heteroatoms. The first-order valence-electron chi connectivity index (χ1n) is 6.22. The zero-order valence-corrected chi connectivity index (χ0v) is 14.1. The van der Waals surface area contributed by atoms with Gasteiger partial charge in [-0.05, 0) is 72.3 Å². The third-order valence-corrected chi connectivity index (χ3v) is 3.53. The van der Waals surface area contributed by atoms with Gasteiger partial charge in [-0.25, -0.2) is 0 Å². The number of halogens is 2. The van der Waals surface area contributed by atoms with E-state index in [1.165, 1.54) is 0 Å². The summed E-state index contributed by atoms with van der Waals surface area (Å²) in [5.41, 5.74) is 0. The second-order valence-corrected chi connectivity index (χ2v) is 5.50. The highest BCUT2D eigenvalue weighted by atomic mass is 127. The van der Waals surface area contributed by atoms with Crippen LogP contribution in [0.5, 0.6) is 11.8 Å². The Hall–Kier alpha value is -1.15. The van der Waals surface area contributed by atoms with Gasteiger partial charge in [-0.3, -0.25) is 0 Å². The van der Waals surface area contributed by atoms with E-state index in [1.807, 2.05) is 43.0 Å². The average Bonchev–Trinajstić information content (AvgIpc) is 2.42. The number of aromatic nitrogens is 3. The maximum absolute atomic E-state index is 5.93. The van der Waals surface area contributed by atoms with E-state index in [2.05, 4.69) is 37.5 Å². The van der Waals surface area contributed by atoms with Crippen molar-refractivity contribution in [1.29, 1.82) is 0 Å². The molecular weight excluding hydrogens is 391 g/mol. The molecule has 0 unspecified atom stereocenters. The molecule has 1 aromatic carbocycles. The summed E-state index contributed by atoms with van der Waals surface area (Å²) in [7, 11) is 0. The lowest BCUT2D eigenvalue weighted by atomic mass is 10.3. The summed E-state index contributed by atoms with van der Waals surface area (Å²) < 4.78 is 6.75. The van der Waals surface area contributed by atoms with Gasteiger partial charge in [0.1, 0.15) is 5.75 Å². The minimum absolute atomic E-state index is 0.127. The van der Waals surface area contributed by atoms with E-state index < -0.39 is 0 Å². The molecule has 0 aliphatic heterocycles. The number of rotatable bonds is 5. The van der Waals surface area contributed by atoms with Gasteiger partial charge in [0.25, 0.3) is 0 Å². The maximum atomic E-state index is 5.93. The molecular formula is C13H14ClIN4O. The summed E-state index contributed by atoms with van der Waals surface area (Å²) in [5, 5.41) is 0.127. The van der Waals surface area contributed by atoms with Crippen molar-refractivity contribution in [1.82, 2.24) is 15.0 Å². The second kappa shape index (κ2) is 7.03. The minimum Gasteiger partial charge on any atom is -0.424 e. The maximum Gasteiger partial charge on any atom is 0.328 e. The van der Waals surface area contributed by atoms with Gasteiger partial charge in [0.2, 0.25) is 11.2 Å². The normalized spacial score (nSPS) is 10.4. The molecule has 0 fully saturated rings. The van der Waals surface area contributed by atoms with Crippen LogP contribution in [0.2, 0.25) is 5.28 Å². The molecule has 0 aliphatic rings. The smallest absolute Gasteiger partial charge is 0.328 e. The van der Waals surface area contributed by atoms with Crippen molar-refractivity contribution in [3.8, 4) is 11.8 Å². The van der Waals surface area contributed by atoms with Crippen molar-refractivity contribution in [2.24, 2.45) is 0 Å². The van der Waals surface area contributed by atoms with Crippen molar-refractivity contribution in [3.63, 3.8) is 0 Å². The van der Waals surface area contributed by atoms with Crippen LogP contribution >= 0.6 is 34.2 Å². The number of hydrogen-bond donors (Lipinski definition) is 0. The van der Waals surface area contributed by atoms with Gasteiger partial charge in [-0.2, -0.15) is 15.0 Å². The van der Waals surface area contributed by atoms with Crippen LogP contribution in [0.3, 0.4) is 0 Å². The lowest BCUT2D eigenvalue weighted by molar-refractivity contribution is 0.439. The Labute approximate surface area is 136 Å². The third-order valence-electron chi connectivity index (χ3n) is 2.64. The fourth-order valence-corrected chi connectivity index (χ4v) is 2.13. The Balaban J connectivity index is 2.25. The van der Waals surface area contributed by atoms with Crippen LogP contribution in [0.4, 0.5) is 5.95 Å². The Bertz CT molecular complexity index is 575. The molecule has 0 amide bonds. The van der Waals surface area contributed by atoms with Crippen LogP contribution in [0.25, 0.3) is 0 Å². The van der Waals surface area contributed by atoms with Crippen LogP contribution < -0.4 is 9.64 Å². The van der Waals surface area contributed by atoms with E-state index in [9.17, 15) is 0 Å². The summed E-state index contributed by atoms with van der Waals surface area (Å²) in [4.78, 5) is 14.4.